The highest BCUT2D eigenvalue weighted by Gasteiger charge is 2.08. The van der Waals surface area contributed by atoms with Gasteiger partial charge in [0.15, 0.2) is 0 Å². The lowest BCUT2D eigenvalue weighted by molar-refractivity contribution is 0.435. The van der Waals surface area contributed by atoms with Crippen molar-refractivity contribution < 1.29 is 4.39 Å². The van der Waals surface area contributed by atoms with Gasteiger partial charge in [0, 0.05) is 0 Å². The first kappa shape index (κ1) is 15.2. The SMILES string of the molecule is CCCCCCC(CNC)Cc1ccc(F)cc1. The Morgan fingerprint density at radius 2 is 1.83 bits per heavy atom. The van der Waals surface area contributed by atoms with Crippen LogP contribution in [0.25, 0.3) is 0 Å². The summed E-state index contributed by atoms with van der Waals surface area (Å²) in [6.07, 6.45) is 7.57. The summed E-state index contributed by atoms with van der Waals surface area (Å²) >= 11 is 0. The van der Waals surface area contributed by atoms with E-state index in [1.54, 1.807) is 12.1 Å². The molecular weight excluding hydrogens is 225 g/mol. The molecule has 0 spiro atoms. The monoisotopic (exact) mass is 251 g/mol. The Balaban J connectivity index is 2.38. The second-order valence-corrected chi connectivity index (χ2v) is 5.10. The molecule has 18 heavy (non-hydrogen) atoms. The van der Waals surface area contributed by atoms with Crippen LogP contribution in [0.1, 0.15) is 44.6 Å². The average molecular weight is 251 g/mol. The molecule has 1 atom stereocenters. The van der Waals surface area contributed by atoms with Crippen molar-refractivity contribution in [3.05, 3.63) is 35.6 Å². The molecule has 0 heterocycles. The number of nitrogens with one attached hydrogen (secondary N) is 1. The normalized spacial score (nSPS) is 12.6. The van der Waals surface area contributed by atoms with E-state index in [-0.39, 0.29) is 5.82 Å². The van der Waals surface area contributed by atoms with Gasteiger partial charge in [0.1, 0.15) is 5.82 Å². The molecule has 1 N–H and O–H groups in total. The molecule has 1 aromatic rings. The van der Waals surface area contributed by atoms with Crippen molar-refractivity contribution >= 4 is 0 Å². The molecule has 0 fully saturated rings. The minimum absolute atomic E-state index is 0.146. The van der Waals surface area contributed by atoms with Crippen LogP contribution in [-0.2, 0) is 6.42 Å². The number of unbranched alkanes of at least 4 members (excludes halogenated alkanes) is 3. The number of benzene rings is 1. The second kappa shape index (κ2) is 9.09. The molecule has 2 heteroatoms. The van der Waals surface area contributed by atoms with Crippen LogP contribution in [0.3, 0.4) is 0 Å². The maximum atomic E-state index is 12.8. The molecule has 1 aromatic carbocycles. The lowest BCUT2D eigenvalue weighted by atomic mass is 9.93. The topological polar surface area (TPSA) is 12.0 Å². The summed E-state index contributed by atoms with van der Waals surface area (Å²) in [5, 5.41) is 3.27. The van der Waals surface area contributed by atoms with Crippen LogP contribution in [0.2, 0.25) is 0 Å². The Morgan fingerprint density at radius 3 is 2.44 bits per heavy atom. The fraction of sp³-hybridized carbons (Fsp3) is 0.625. The third-order valence-electron chi connectivity index (χ3n) is 3.40. The zero-order valence-corrected chi connectivity index (χ0v) is 11.7. The summed E-state index contributed by atoms with van der Waals surface area (Å²) in [5.74, 6) is 0.518. The highest BCUT2D eigenvalue weighted by atomic mass is 19.1. The van der Waals surface area contributed by atoms with Crippen LogP contribution >= 0.6 is 0 Å². The molecule has 0 aliphatic carbocycles. The largest absolute Gasteiger partial charge is 0.319 e. The number of hydrogen-bond acceptors (Lipinski definition) is 1. The Morgan fingerprint density at radius 1 is 1.11 bits per heavy atom. The summed E-state index contributed by atoms with van der Waals surface area (Å²) in [6, 6.07) is 6.93. The van der Waals surface area contributed by atoms with Crippen molar-refractivity contribution in [2.75, 3.05) is 13.6 Å². The fourth-order valence-electron chi connectivity index (χ4n) is 2.38. The molecule has 0 amide bonds. The van der Waals surface area contributed by atoms with Gasteiger partial charge in [0.25, 0.3) is 0 Å². The third-order valence-corrected chi connectivity index (χ3v) is 3.40. The molecule has 0 saturated heterocycles. The van der Waals surface area contributed by atoms with Gasteiger partial charge in [0.2, 0.25) is 0 Å². The minimum Gasteiger partial charge on any atom is -0.319 e. The Labute approximate surface area is 111 Å². The van der Waals surface area contributed by atoms with Crippen LogP contribution in [0, 0.1) is 11.7 Å². The highest BCUT2D eigenvalue weighted by Crippen LogP contribution is 2.16. The first-order valence-electron chi connectivity index (χ1n) is 7.15. The molecule has 1 unspecified atom stereocenters. The van der Waals surface area contributed by atoms with E-state index in [4.69, 9.17) is 0 Å². The van der Waals surface area contributed by atoms with E-state index < -0.39 is 0 Å². The smallest absolute Gasteiger partial charge is 0.123 e. The average Bonchev–Trinajstić information content (AvgIpc) is 2.37. The Hall–Kier alpha value is -0.890. The first-order valence-corrected chi connectivity index (χ1v) is 7.15. The van der Waals surface area contributed by atoms with Gasteiger partial charge in [-0.15, -0.1) is 0 Å². The van der Waals surface area contributed by atoms with E-state index in [0.717, 1.165) is 13.0 Å². The number of hydrogen-bond donors (Lipinski definition) is 1. The van der Waals surface area contributed by atoms with E-state index in [2.05, 4.69) is 12.2 Å². The quantitative estimate of drug-likeness (QED) is 0.649. The van der Waals surface area contributed by atoms with Crippen molar-refractivity contribution in [3.63, 3.8) is 0 Å². The molecule has 0 aromatic heterocycles. The predicted molar refractivity (Wildman–Crippen MR) is 76.3 cm³/mol. The summed E-state index contributed by atoms with van der Waals surface area (Å²) < 4.78 is 12.8. The van der Waals surface area contributed by atoms with Gasteiger partial charge in [0.05, 0.1) is 0 Å². The third kappa shape index (κ3) is 6.15. The molecule has 0 aliphatic rings. The van der Waals surface area contributed by atoms with Crippen molar-refractivity contribution in [2.45, 2.75) is 45.4 Å². The predicted octanol–water partition coefficient (Wildman–Crippen LogP) is 4.17. The molecular formula is C16H26FN. The van der Waals surface area contributed by atoms with Crippen molar-refractivity contribution in [1.82, 2.24) is 5.32 Å². The standard InChI is InChI=1S/C16H26FN/c1-3-4-5-6-7-15(13-18-2)12-14-8-10-16(17)11-9-14/h8-11,15,18H,3-7,12-13H2,1-2H3. The summed E-state index contributed by atoms with van der Waals surface area (Å²) in [4.78, 5) is 0. The van der Waals surface area contributed by atoms with Crippen LogP contribution in [0.4, 0.5) is 4.39 Å². The maximum Gasteiger partial charge on any atom is 0.123 e. The van der Waals surface area contributed by atoms with Gasteiger partial charge < -0.3 is 5.32 Å². The van der Waals surface area contributed by atoms with E-state index in [1.807, 2.05) is 19.2 Å². The molecule has 0 saturated carbocycles. The summed E-state index contributed by atoms with van der Waals surface area (Å²) in [5.41, 5.74) is 1.24. The van der Waals surface area contributed by atoms with Crippen molar-refractivity contribution in [1.29, 1.82) is 0 Å². The number of rotatable bonds is 9. The van der Waals surface area contributed by atoms with Crippen molar-refractivity contribution in [3.8, 4) is 0 Å². The fourth-order valence-corrected chi connectivity index (χ4v) is 2.38. The van der Waals surface area contributed by atoms with Crippen LogP contribution in [-0.4, -0.2) is 13.6 Å². The van der Waals surface area contributed by atoms with Gasteiger partial charge in [-0.1, -0.05) is 44.7 Å². The second-order valence-electron chi connectivity index (χ2n) is 5.10. The van der Waals surface area contributed by atoms with E-state index in [0.29, 0.717) is 5.92 Å². The number of halogens is 1. The van der Waals surface area contributed by atoms with Gasteiger partial charge in [-0.2, -0.15) is 0 Å². The van der Waals surface area contributed by atoms with E-state index in [1.165, 1.54) is 37.7 Å². The summed E-state index contributed by atoms with van der Waals surface area (Å²) in [6.45, 7) is 3.28. The lowest BCUT2D eigenvalue weighted by Gasteiger charge is -2.16. The summed E-state index contributed by atoms with van der Waals surface area (Å²) in [7, 11) is 2.00. The Bertz CT molecular complexity index is 307. The maximum absolute atomic E-state index is 12.8. The molecule has 1 rings (SSSR count). The van der Waals surface area contributed by atoms with Crippen molar-refractivity contribution in [2.24, 2.45) is 5.92 Å². The molecule has 102 valence electrons. The van der Waals surface area contributed by atoms with E-state index >= 15 is 0 Å². The van der Waals surface area contributed by atoms with Gasteiger partial charge >= 0.3 is 0 Å². The van der Waals surface area contributed by atoms with Gasteiger partial charge in [-0.25, -0.2) is 4.39 Å². The Kier molecular flexibility index (Phi) is 7.66. The molecule has 0 radical (unpaired) electrons. The van der Waals surface area contributed by atoms with Crippen LogP contribution in [0.5, 0.6) is 0 Å². The highest BCUT2D eigenvalue weighted by molar-refractivity contribution is 5.16. The molecule has 0 aliphatic heterocycles. The van der Waals surface area contributed by atoms with E-state index in [9.17, 15) is 4.39 Å². The lowest BCUT2D eigenvalue weighted by Crippen LogP contribution is -2.20. The van der Waals surface area contributed by atoms with Crippen LogP contribution < -0.4 is 5.32 Å². The zero-order chi connectivity index (χ0) is 13.2. The minimum atomic E-state index is -0.146. The van der Waals surface area contributed by atoms with Gasteiger partial charge in [-0.3, -0.25) is 0 Å². The first-order chi connectivity index (χ1) is 8.76. The van der Waals surface area contributed by atoms with Crippen LogP contribution in [0.15, 0.2) is 24.3 Å². The van der Waals surface area contributed by atoms with Gasteiger partial charge in [-0.05, 0) is 50.0 Å². The zero-order valence-electron chi connectivity index (χ0n) is 11.7. The molecule has 0 bridgehead atoms. The molecule has 1 nitrogen and oxygen atoms in total.